The van der Waals surface area contributed by atoms with Crippen LogP contribution < -0.4 is 5.32 Å². The van der Waals surface area contributed by atoms with Gasteiger partial charge in [0.2, 0.25) is 5.91 Å². The third-order valence-electron chi connectivity index (χ3n) is 3.29. The highest BCUT2D eigenvalue weighted by Gasteiger charge is 2.13. The van der Waals surface area contributed by atoms with Crippen molar-refractivity contribution in [2.45, 2.75) is 26.4 Å². The standard InChI is InChI=1S/C15H19N3O2/c1-10-13(11(2)18-17-10)8-15(20)16-9-14(19)12-6-4-3-5-7-12/h3-7,14,19H,8-9H2,1-2H3,(H,16,20)(H,17,18). The van der Waals surface area contributed by atoms with Crippen LogP contribution in [0.1, 0.15) is 28.6 Å². The third kappa shape index (κ3) is 3.45. The van der Waals surface area contributed by atoms with Gasteiger partial charge >= 0.3 is 0 Å². The molecule has 2 rings (SSSR count). The first-order valence-electron chi connectivity index (χ1n) is 6.58. The van der Waals surface area contributed by atoms with Gasteiger partial charge in [-0.2, -0.15) is 5.10 Å². The van der Waals surface area contributed by atoms with Crippen LogP contribution in [0.5, 0.6) is 0 Å². The van der Waals surface area contributed by atoms with Gasteiger partial charge in [0.05, 0.1) is 18.2 Å². The lowest BCUT2D eigenvalue weighted by Crippen LogP contribution is -2.29. The molecular formula is C15H19N3O2. The zero-order valence-corrected chi connectivity index (χ0v) is 11.7. The van der Waals surface area contributed by atoms with Gasteiger partial charge in [-0.15, -0.1) is 0 Å². The second-order valence-corrected chi connectivity index (χ2v) is 4.82. The molecule has 0 saturated heterocycles. The Morgan fingerprint density at radius 3 is 2.65 bits per heavy atom. The number of nitrogens with zero attached hydrogens (tertiary/aromatic N) is 1. The SMILES string of the molecule is Cc1n[nH]c(C)c1CC(=O)NCC(O)c1ccccc1. The normalized spacial score (nSPS) is 12.2. The number of amides is 1. The van der Waals surface area contributed by atoms with Gasteiger partial charge in [-0.3, -0.25) is 9.89 Å². The minimum absolute atomic E-state index is 0.118. The van der Waals surface area contributed by atoms with Crippen LogP contribution in [0.15, 0.2) is 30.3 Å². The number of nitrogens with one attached hydrogen (secondary N) is 2. The summed E-state index contributed by atoms with van der Waals surface area (Å²) in [6.45, 7) is 3.96. The van der Waals surface area contributed by atoms with E-state index in [9.17, 15) is 9.90 Å². The average molecular weight is 273 g/mol. The topological polar surface area (TPSA) is 78.0 Å². The number of carbonyl (C=O) groups is 1. The molecule has 5 heteroatoms. The molecule has 1 aromatic carbocycles. The molecule has 0 radical (unpaired) electrons. The van der Waals surface area contributed by atoms with Gasteiger partial charge in [0.25, 0.3) is 0 Å². The Morgan fingerprint density at radius 1 is 1.35 bits per heavy atom. The molecule has 1 atom stereocenters. The Morgan fingerprint density at radius 2 is 2.05 bits per heavy atom. The number of aliphatic hydroxyl groups excluding tert-OH is 1. The third-order valence-corrected chi connectivity index (χ3v) is 3.29. The number of aliphatic hydroxyl groups is 1. The van der Waals surface area contributed by atoms with E-state index in [0.29, 0.717) is 0 Å². The van der Waals surface area contributed by atoms with Crippen LogP contribution in [-0.2, 0) is 11.2 Å². The molecule has 0 saturated carbocycles. The maximum atomic E-state index is 11.9. The number of hydrogen-bond acceptors (Lipinski definition) is 3. The lowest BCUT2D eigenvalue weighted by atomic mass is 10.1. The van der Waals surface area contributed by atoms with Gasteiger partial charge in [0.15, 0.2) is 0 Å². The molecular weight excluding hydrogens is 254 g/mol. The first kappa shape index (κ1) is 14.3. The Kier molecular flexibility index (Phi) is 4.53. The molecule has 0 aliphatic heterocycles. The molecule has 0 aliphatic carbocycles. The van der Waals surface area contributed by atoms with Crippen molar-refractivity contribution in [3.05, 3.63) is 52.8 Å². The summed E-state index contributed by atoms with van der Waals surface area (Å²) < 4.78 is 0. The minimum Gasteiger partial charge on any atom is -0.387 e. The zero-order chi connectivity index (χ0) is 14.5. The molecule has 106 valence electrons. The second-order valence-electron chi connectivity index (χ2n) is 4.82. The molecule has 1 amide bonds. The highest BCUT2D eigenvalue weighted by atomic mass is 16.3. The van der Waals surface area contributed by atoms with Gasteiger partial charge in [-0.1, -0.05) is 30.3 Å². The van der Waals surface area contributed by atoms with Crippen LogP contribution in [0.4, 0.5) is 0 Å². The van der Waals surface area contributed by atoms with E-state index in [2.05, 4.69) is 15.5 Å². The molecule has 1 aromatic heterocycles. The van der Waals surface area contributed by atoms with Gasteiger partial charge < -0.3 is 10.4 Å². The molecule has 2 aromatic rings. The number of carbonyl (C=O) groups excluding carboxylic acids is 1. The van der Waals surface area contributed by atoms with E-state index in [1.165, 1.54) is 0 Å². The molecule has 0 bridgehead atoms. The van der Waals surface area contributed by atoms with E-state index in [-0.39, 0.29) is 18.9 Å². The summed E-state index contributed by atoms with van der Waals surface area (Å²) in [5.41, 5.74) is 3.45. The lowest BCUT2D eigenvalue weighted by Gasteiger charge is -2.12. The first-order chi connectivity index (χ1) is 9.58. The summed E-state index contributed by atoms with van der Waals surface area (Å²) in [7, 11) is 0. The molecule has 0 aliphatic rings. The summed E-state index contributed by atoms with van der Waals surface area (Å²) >= 11 is 0. The summed E-state index contributed by atoms with van der Waals surface area (Å²) in [6.07, 6.45) is -0.415. The molecule has 0 spiro atoms. The monoisotopic (exact) mass is 273 g/mol. The summed E-state index contributed by atoms with van der Waals surface area (Å²) in [5.74, 6) is -0.118. The van der Waals surface area contributed by atoms with Crippen molar-refractivity contribution in [3.63, 3.8) is 0 Å². The van der Waals surface area contributed by atoms with Crippen molar-refractivity contribution in [3.8, 4) is 0 Å². The Bertz CT molecular complexity index is 559. The number of aryl methyl sites for hydroxylation is 2. The molecule has 20 heavy (non-hydrogen) atoms. The number of hydrogen-bond donors (Lipinski definition) is 3. The zero-order valence-electron chi connectivity index (χ0n) is 11.7. The molecule has 0 fully saturated rings. The Hall–Kier alpha value is -2.14. The number of aromatic nitrogens is 2. The number of benzene rings is 1. The predicted octanol–water partition coefficient (Wildman–Crippen LogP) is 1.42. The van der Waals surface area contributed by atoms with Gasteiger partial charge in [0, 0.05) is 17.8 Å². The molecule has 3 N–H and O–H groups in total. The summed E-state index contributed by atoms with van der Waals surface area (Å²) in [4.78, 5) is 11.9. The number of H-pyrrole nitrogens is 1. The van der Waals surface area contributed by atoms with Crippen LogP contribution in [0.25, 0.3) is 0 Å². The van der Waals surface area contributed by atoms with Gasteiger partial charge in [-0.05, 0) is 19.4 Å². The van der Waals surface area contributed by atoms with Crippen LogP contribution in [0.2, 0.25) is 0 Å². The van der Waals surface area contributed by atoms with Crippen molar-refractivity contribution in [1.82, 2.24) is 15.5 Å². The Balaban J connectivity index is 1.87. The van der Waals surface area contributed by atoms with Crippen LogP contribution in [-0.4, -0.2) is 27.8 Å². The maximum Gasteiger partial charge on any atom is 0.224 e. The quantitative estimate of drug-likeness (QED) is 0.771. The summed E-state index contributed by atoms with van der Waals surface area (Å²) in [6, 6.07) is 9.28. The molecule has 1 unspecified atom stereocenters. The van der Waals surface area contributed by atoms with Crippen molar-refractivity contribution in [2.24, 2.45) is 0 Å². The fourth-order valence-electron chi connectivity index (χ4n) is 2.06. The van der Waals surface area contributed by atoms with Crippen LogP contribution >= 0.6 is 0 Å². The summed E-state index contributed by atoms with van der Waals surface area (Å²) in [5, 5.41) is 19.6. The molecule has 5 nitrogen and oxygen atoms in total. The van der Waals surface area contributed by atoms with Crippen molar-refractivity contribution in [1.29, 1.82) is 0 Å². The minimum atomic E-state index is -0.688. The van der Waals surface area contributed by atoms with Crippen molar-refractivity contribution >= 4 is 5.91 Å². The van der Waals surface area contributed by atoms with E-state index in [0.717, 1.165) is 22.5 Å². The maximum absolute atomic E-state index is 11.9. The van der Waals surface area contributed by atoms with E-state index in [4.69, 9.17) is 0 Å². The number of rotatable bonds is 5. The largest absolute Gasteiger partial charge is 0.387 e. The second kappa shape index (κ2) is 6.34. The van der Waals surface area contributed by atoms with Crippen LogP contribution in [0, 0.1) is 13.8 Å². The predicted molar refractivity (Wildman–Crippen MR) is 76.2 cm³/mol. The van der Waals surface area contributed by atoms with Crippen molar-refractivity contribution < 1.29 is 9.90 Å². The van der Waals surface area contributed by atoms with Crippen molar-refractivity contribution in [2.75, 3.05) is 6.54 Å². The van der Waals surface area contributed by atoms with Gasteiger partial charge in [-0.25, -0.2) is 0 Å². The van der Waals surface area contributed by atoms with Gasteiger partial charge in [0.1, 0.15) is 0 Å². The van der Waals surface area contributed by atoms with Crippen LogP contribution in [0.3, 0.4) is 0 Å². The molecule has 1 heterocycles. The highest BCUT2D eigenvalue weighted by molar-refractivity contribution is 5.79. The average Bonchev–Trinajstić information content (AvgIpc) is 2.77. The fourth-order valence-corrected chi connectivity index (χ4v) is 2.06. The highest BCUT2D eigenvalue weighted by Crippen LogP contribution is 2.12. The van der Waals surface area contributed by atoms with E-state index in [1.54, 1.807) is 0 Å². The van der Waals surface area contributed by atoms with E-state index in [1.807, 2.05) is 44.2 Å². The lowest BCUT2D eigenvalue weighted by molar-refractivity contribution is -0.120. The smallest absolute Gasteiger partial charge is 0.224 e. The number of aromatic amines is 1. The Labute approximate surface area is 118 Å². The fraction of sp³-hybridized carbons (Fsp3) is 0.333. The van der Waals surface area contributed by atoms with E-state index < -0.39 is 6.10 Å². The first-order valence-corrected chi connectivity index (χ1v) is 6.58. The van der Waals surface area contributed by atoms with E-state index >= 15 is 0 Å².